The maximum atomic E-state index is 5.83. The van der Waals surface area contributed by atoms with E-state index in [-0.39, 0.29) is 0 Å². The van der Waals surface area contributed by atoms with Crippen LogP contribution in [-0.2, 0) is 4.74 Å². The van der Waals surface area contributed by atoms with Crippen LogP contribution in [0.15, 0.2) is 12.7 Å². The quantitative estimate of drug-likeness (QED) is 0.671. The van der Waals surface area contributed by atoms with Gasteiger partial charge in [0.15, 0.2) is 0 Å². The minimum atomic E-state index is 0.316. The molecule has 0 bridgehead atoms. The summed E-state index contributed by atoms with van der Waals surface area (Å²) >= 11 is 0. The number of ether oxygens (including phenoxy) is 1. The molecule has 0 spiro atoms. The molecule has 0 radical (unpaired) electrons. The van der Waals surface area contributed by atoms with Crippen molar-refractivity contribution in [2.24, 2.45) is 0 Å². The molecule has 1 aliphatic rings. The van der Waals surface area contributed by atoms with E-state index in [0.29, 0.717) is 12.1 Å². The average Bonchev–Trinajstić information content (AvgIpc) is 2.29. The second-order valence-electron chi connectivity index (χ2n) is 3.99. The molecule has 1 N–H and O–H groups in total. The highest BCUT2D eigenvalue weighted by atomic mass is 16.5. The Kier molecular flexibility index (Phi) is 5.91. The summed E-state index contributed by atoms with van der Waals surface area (Å²) in [5.41, 5.74) is 0. The Morgan fingerprint density at radius 3 is 3.00 bits per heavy atom. The molecule has 1 saturated heterocycles. The van der Waals surface area contributed by atoms with Gasteiger partial charge in [0, 0.05) is 19.1 Å². The Bertz CT molecular complexity index is 184. The van der Waals surface area contributed by atoms with E-state index in [1.165, 1.54) is 0 Å². The molecule has 2 unspecified atom stereocenters. The second-order valence-corrected chi connectivity index (χ2v) is 3.99. The van der Waals surface area contributed by atoms with E-state index in [1.807, 2.05) is 6.08 Å². The standard InChI is InChI=1S/C12H24N2O/c1-4-7-11(13-5-2)12-10-14(6-3)8-9-15-12/h4,11-13H,1,5-10H2,2-3H3. The van der Waals surface area contributed by atoms with E-state index in [0.717, 1.165) is 39.2 Å². The van der Waals surface area contributed by atoms with Gasteiger partial charge in [-0.25, -0.2) is 0 Å². The van der Waals surface area contributed by atoms with E-state index in [9.17, 15) is 0 Å². The topological polar surface area (TPSA) is 24.5 Å². The van der Waals surface area contributed by atoms with Crippen LogP contribution in [0.5, 0.6) is 0 Å². The molecular formula is C12H24N2O. The predicted molar refractivity (Wildman–Crippen MR) is 64.1 cm³/mol. The van der Waals surface area contributed by atoms with Crippen molar-refractivity contribution in [3.05, 3.63) is 12.7 Å². The summed E-state index contributed by atoms with van der Waals surface area (Å²) in [6.45, 7) is 13.2. The first-order valence-corrected chi connectivity index (χ1v) is 6.00. The first kappa shape index (κ1) is 12.7. The number of hydrogen-bond acceptors (Lipinski definition) is 3. The van der Waals surface area contributed by atoms with Gasteiger partial charge in [-0.1, -0.05) is 19.9 Å². The van der Waals surface area contributed by atoms with Gasteiger partial charge in [-0.05, 0) is 19.5 Å². The molecule has 0 aliphatic carbocycles. The minimum Gasteiger partial charge on any atom is -0.374 e. The van der Waals surface area contributed by atoms with Crippen LogP contribution in [0, 0.1) is 0 Å². The largest absolute Gasteiger partial charge is 0.374 e. The average molecular weight is 212 g/mol. The molecule has 88 valence electrons. The van der Waals surface area contributed by atoms with Crippen molar-refractivity contribution in [3.8, 4) is 0 Å². The zero-order valence-corrected chi connectivity index (χ0v) is 10.0. The lowest BCUT2D eigenvalue weighted by Gasteiger charge is -2.36. The fourth-order valence-electron chi connectivity index (χ4n) is 2.07. The highest BCUT2D eigenvalue weighted by molar-refractivity contribution is 4.87. The van der Waals surface area contributed by atoms with Crippen molar-refractivity contribution in [2.75, 3.05) is 32.8 Å². The van der Waals surface area contributed by atoms with Gasteiger partial charge in [0.1, 0.15) is 0 Å². The van der Waals surface area contributed by atoms with E-state index < -0.39 is 0 Å². The van der Waals surface area contributed by atoms with Crippen LogP contribution in [0.1, 0.15) is 20.3 Å². The Balaban J connectivity index is 2.46. The van der Waals surface area contributed by atoms with Crippen LogP contribution in [-0.4, -0.2) is 49.8 Å². The second kappa shape index (κ2) is 6.99. The number of nitrogens with zero attached hydrogens (tertiary/aromatic N) is 1. The van der Waals surface area contributed by atoms with Crippen molar-refractivity contribution in [2.45, 2.75) is 32.4 Å². The predicted octanol–water partition coefficient (Wildman–Crippen LogP) is 1.26. The summed E-state index contributed by atoms with van der Waals surface area (Å²) in [4.78, 5) is 2.45. The summed E-state index contributed by atoms with van der Waals surface area (Å²) < 4.78 is 5.83. The van der Waals surface area contributed by atoms with E-state index >= 15 is 0 Å². The summed E-state index contributed by atoms with van der Waals surface area (Å²) in [7, 11) is 0. The SMILES string of the molecule is C=CCC(NCC)C1CN(CC)CCO1. The van der Waals surface area contributed by atoms with Gasteiger partial charge in [-0.3, -0.25) is 4.90 Å². The molecule has 1 fully saturated rings. The lowest BCUT2D eigenvalue weighted by atomic mass is 10.1. The first-order chi connectivity index (χ1) is 7.31. The number of morpholine rings is 1. The normalized spacial score (nSPS) is 25.1. The molecule has 0 aromatic heterocycles. The maximum Gasteiger partial charge on any atom is 0.0858 e. The highest BCUT2D eigenvalue weighted by Gasteiger charge is 2.25. The number of nitrogens with one attached hydrogen (secondary N) is 1. The van der Waals surface area contributed by atoms with E-state index in [2.05, 4.69) is 30.6 Å². The van der Waals surface area contributed by atoms with Crippen LogP contribution in [0.25, 0.3) is 0 Å². The molecule has 0 saturated carbocycles. The van der Waals surface area contributed by atoms with Gasteiger partial charge in [-0.2, -0.15) is 0 Å². The number of hydrogen-bond donors (Lipinski definition) is 1. The van der Waals surface area contributed by atoms with Crippen LogP contribution in [0.2, 0.25) is 0 Å². The van der Waals surface area contributed by atoms with Crippen molar-refractivity contribution in [3.63, 3.8) is 0 Å². The molecule has 3 heteroatoms. The molecule has 0 aromatic rings. The van der Waals surface area contributed by atoms with Crippen molar-refractivity contribution >= 4 is 0 Å². The third-order valence-electron chi connectivity index (χ3n) is 2.96. The van der Waals surface area contributed by atoms with Crippen LogP contribution in [0.3, 0.4) is 0 Å². The lowest BCUT2D eigenvalue weighted by Crippen LogP contribution is -2.52. The molecule has 1 heterocycles. The smallest absolute Gasteiger partial charge is 0.0858 e. The van der Waals surface area contributed by atoms with E-state index in [4.69, 9.17) is 4.74 Å². The van der Waals surface area contributed by atoms with Gasteiger partial charge in [-0.15, -0.1) is 6.58 Å². The minimum absolute atomic E-state index is 0.316. The summed E-state index contributed by atoms with van der Waals surface area (Å²) in [5.74, 6) is 0. The Morgan fingerprint density at radius 1 is 1.60 bits per heavy atom. The van der Waals surface area contributed by atoms with Crippen molar-refractivity contribution in [1.29, 1.82) is 0 Å². The molecule has 15 heavy (non-hydrogen) atoms. The molecular weight excluding hydrogens is 188 g/mol. The molecule has 1 aliphatic heterocycles. The van der Waals surface area contributed by atoms with Gasteiger partial charge in [0.05, 0.1) is 12.7 Å². The first-order valence-electron chi connectivity index (χ1n) is 6.00. The zero-order valence-electron chi connectivity index (χ0n) is 10.0. The van der Waals surface area contributed by atoms with Crippen LogP contribution in [0.4, 0.5) is 0 Å². The molecule has 2 atom stereocenters. The lowest BCUT2D eigenvalue weighted by molar-refractivity contribution is -0.0440. The van der Waals surface area contributed by atoms with Crippen molar-refractivity contribution < 1.29 is 4.74 Å². The summed E-state index contributed by atoms with van der Waals surface area (Å²) in [6, 6.07) is 0.418. The van der Waals surface area contributed by atoms with Gasteiger partial charge in [0.2, 0.25) is 0 Å². The van der Waals surface area contributed by atoms with Gasteiger partial charge in [0.25, 0.3) is 0 Å². The molecule has 0 amide bonds. The fourth-order valence-corrected chi connectivity index (χ4v) is 2.07. The Hall–Kier alpha value is -0.380. The molecule has 0 aromatic carbocycles. The molecule has 3 nitrogen and oxygen atoms in total. The fraction of sp³-hybridized carbons (Fsp3) is 0.833. The van der Waals surface area contributed by atoms with Gasteiger partial charge >= 0.3 is 0 Å². The third kappa shape index (κ3) is 3.93. The van der Waals surface area contributed by atoms with Crippen LogP contribution >= 0.6 is 0 Å². The highest BCUT2D eigenvalue weighted by Crippen LogP contribution is 2.11. The summed E-state index contributed by atoms with van der Waals surface area (Å²) in [6.07, 6.45) is 3.27. The van der Waals surface area contributed by atoms with Gasteiger partial charge < -0.3 is 10.1 Å². The monoisotopic (exact) mass is 212 g/mol. The maximum absolute atomic E-state index is 5.83. The van der Waals surface area contributed by atoms with Crippen molar-refractivity contribution in [1.82, 2.24) is 10.2 Å². The Morgan fingerprint density at radius 2 is 2.40 bits per heavy atom. The number of likely N-dealkylation sites (N-methyl/N-ethyl adjacent to an activating group) is 2. The van der Waals surface area contributed by atoms with E-state index in [1.54, 1.807) is 0 Å². The zero-order chi connectivity index (χ0) is 11.1. The summed E-state index contributed by atoms with van der Waals surface area (Å²) in [5, 5.41) is 3.47. The Labute approximate surface area is 93.5 Å². The molecule has 1 rings (SSSR count). The number of rotatable bonds is 6. The van der Waals surface area contributed by atoms with Crippen LogP contribution < -0.4 is 5.32 Å². The third-order valence-corrected chi connectivity index (χ3v) is 2.96.